The highest BCUT2D eigenvalue weighted by atomic mass is 16.6. The molecule has 1 aromatic carbocycles. The van der Waals surface area contributed by atoms with Crippen LogP contribution in [-0.2, 0) is 24.5 Å². The Morgan fingerprint density at radius 1 is 0.952 bits per heavy atom. The van der Waals surface area contributed by atoms with Crippen molar-refractivity contribution in [3.63, 3.8) is 0 Å². The molecule has 0 atom stereocenters. The van der Waals surface area contributed by atoms with Gasteiger partial charge in [-0.1, -0.05) is 45.0 Å². The van der Waals surface area contributed by atoms with Crippen molar-refractivity contribution in [1.82, 2.24) is 0 Å². The van der Waals surface area contributed by atoms with Gasteiger partial charge in [0.05, 0.1) is 13.2 Å². The summed E-state index contributed by atoms with van der Waals surface area (Å²) < 4.78 is 9.97. The number of hydrogen-bond acceptors (Lipinski definition) is 4. The van der Waals surface area contributed by atoms with Gasteiger partial charge in [0.2, 0.25) is 0 Å². The Hall–Kier alpha value is -1.84. The van der Waals surface area contributed by atoms with Gasteiger partial charge in [-0.05, 0) is 30.4 Å². The molecule has 0 aliphatic carbocycles. The van der Waals surface area contributed by atoms with Gasteiger partial charge in [-0.3, -0.25) is 9.59 Å². The number of carbonyl (C=O) groups is 2. The zero-order chi connectivity index (χ0) is 16.0. The molecule has 1 rings (SSSR count). The molecule has 116 valence electrons. The Bertz CT molecular complexity index is 465. The topological polar surface area (TPSA) is 52.6 Å². The fourth-order valence-corrected chi connectivity index (χ4v) is 2.00. The van der Waals surface area contributed by atoms with E-state index in [1.54, 1.807) is 26.0 Å². The van der Waals surface area contributed by atoms with Crippen LogP contribution in [0.2, 0.25) is 0 Å². The molecule has 0 spiro atoms. The molecular weight excluding hydrogens is 268 g/mol. The predicted octanol–water partition coefficient (Wildman–Crippen LogP) is 3.19. The van der Waals surface area contributed by atoms with Crippen LogP contribution in [0.3, 0.4) is 0 Å². The number of benzene rings is 1. The van der Waals surface area contributed by atoms with Crippen molar-refractivity contribution in [3.8, 4) is 0 Å². The van der Waals surface area contributed by atoms with Gasteiger partial charge in [-0.25, -0.2) is 0 Å². The first-order valence-electron chi connectivity index (χ1n) is 7.25. The Balaban J connectivity index is 3.08. The van der Waals surface area contributed by atoms with E-state index in [0.717, 1.165) is 5.56 Å². The summed E-state index contributed by atoms with van der Waals surface area (Å²) in [5, 5.41) is 0. The zero-order valence-corrected chi connectivity index (χ0v) is 13.4. The third-order valence-electron chi connectivity index (χ3n) is 3.15. The van der Waals surface area contributed by atoms with Crippen molar-refractivity contribution in [2.24, 2.45) is 0 Å². The Morgan fingerprint density at radius 3 is 1.71 bits per heavy atom. The largest absolute Gasteiger partial charge is 0.465 e. The molecule has 21 heavy (non-hydrogen) atoms. The second-order valence-electron chi connectivity index (χ2n) is 5.81. The van der Waals surface area contributed by atoms with Gasteiger partial charge in [-0.2, -0.15) is 0 Å². The highest BCUT2D eigenvalue weighted by Crippen LogP contribution is 2.26. The van der Waals surface area contributed by atoms with Crippen molar-refractivity contribution in [2.45, 2.75) is 46.0 Å². The lowest BCUT2D eigenvalue weighted by molar-refractivity contribution is -0.156. The highest BCUT2D eigenvalue weighted by Gasteiger charge is 2.31. The maximum Gasteiger partial charge on any atom is 0.324 e. The van der Waals surface area contributed by atoms with Crippen molar-refractivity contribution < 1.29 is 19.1 Å². The minimum Gasteiger partial charge on any atom is -0.465 e. The van der Waals surface area contributed by atoms with Crippen molar-refractivity contribution in [2.75, 3.05) is 13.2 Å². The summed E-state index contributed by atoms with van der Waals surface area (Å²) >= 11 is 0. The number of carbonyl (C=O) groups excluding carboxylic acids is 2. The first kappa shape index (κ1) is 17.2. The van der Waals surface area contributed by atoms with Crippen LogP contribution in [0.25, 0.3) is 0 Å². The van der Waals surface area contributed by atoms with E-state index in [9.17, 15) is 9.59 Å². The first-order chi connectivity index (χ1) is 9.81. The van der Waals surface area contributed by atoms with E-state index in [-0.39, 0.29) is 18.6 Å². The van der Waals surface area contributed by atoms with Gasteiger partial charge < -0.3 is 9.47 Å². The standard InChI is InChI=1S/C17H24O4/c1-6-20-15(18)14(16(19)21-7-2)12-8-10-13(11-9-12)17(3,4)5/h8-11,14H,6-7H2,1-5H3. The molecule has 0 aliphatic rings. The second-order valence-corrected chi connectivity index (χ2v) is 5.81. The van der Waals surface area contributed by atoms with Crippen LogP contribution in [0.5, 0.6) is 0 Å². The zero-order valence-electron chi connectivity index (χ0n) is 13.4. The lowest BCUT2D eigenvalue weighted by Crippen LogP contribution is -2.26. The number of ether oxygens (including phenoxy) is 2. The average Bonchev–Trinajstić information content (AvgIpc) is 2.39. The van der Waals surface area contributed by atoms with Crippen LogP contribution >= 0.6 is 0 Å². The third kappa shape index (κ3) is 4.59. The van der Waals surface area contributed by atoms with E-state index in [1.807, 2.05) is 12.1 Å². The maximum atomic E-state index is 12.0. The molecule has 0 aromatic heterocycles. The second kappa shape index (κ2) is 7.25. The van der Waals surface area contributed by atoms with Gasteiger partial charge in [0.1, 0.15) is 0 Å². The van der Waals surface area contributed by atoms with Gasteiger partial charge in [0.15, 0.2) is 5.92 Å². The molecule has 0 saturated carbocycles. The van der Waals surface area contributed by atoms with E-state index in [1.165, 1.54) is 0 Å². The third-order valence-corrected chi connectivity index (χ3v) is 3.15. The van der Waals surface area contributed by atoms with Crippen LogP contribution in [-0.4, -0.2) is 25.2 Å². The molecule has 0 radical (unpaired) electrons. The quantitative estimate of drug-likeness (QED) is 0.618. The average molecular weight is 292 g/mol. The summed E-state index contributed by atoms with van der Waals surface area (Å²) in [6.07, 6.45) is 0. The summed E-state index contributed by atoms with van der Waals surface area (Å²) in [7, 11) is 0. The van der Waals surface area contributed by atoms with Crippen LogP contribution in [0.15, 0.2) is 24.3 Å². The van der Waals surface area contributed by atoms with Gasteiger partial charge >= 0.3 is 11.9 Å². The fourth-order valence-electron chi connectivity index (χ4n) is 2.00. The SMILES string of the molecule is CCOC(=O)C(C(=O)OCC)c1ccc(C(C)(C)C)cc1. The number of hydrogen-bond donors (Lipinski definition) is 0. The molecule has 0 unspecified atom stereocenters. The highest BCUT2D eigenvalue weighted by molar-refractivity contribution is 6.00. The van der Waals surface area contributed by atoms with E-state index < -0.39 is 17.9 Å². The smallest absolute Gasteiger partial charge is 0.324 e. The summed E-state index contributed by atoms with van der Waals surface area (Å²) in [4.78, 5) is 24.0. The normalized spacial score (nSPS) is 11.3. The Kier molecular flexibility index (Phi) is 5.94. The van der Waals surface area contributed by atoms with Crippen LogP contribution in [0.4, 0.5) is 0 Å². The summed E-state index contributed by atoms with van der Waals surface area (Å²) in [6.45, 7) is 10.2. The van der Waals surface area contributed by atoms with Crippen LogP contribution in [0.1, 0.15) is 51.7 Å². The summed E-state index contributed by atoms with van der Waals surface area (Å²) in [5.74, 6) is -2.15. The van der Waals surface area contributed by atoms with Gasteiger partial charge in [0, 0.05) is 0 Å². The Morgan fingerprint density at radius 2 is 1.38 bits per heavy atom. The molecule has 0 fully saturated rings. The molecule has 0 amide bonds. The summed E-state index contributed by atoms with van der Waals surface area (Å²) in [5.41, 5.74) is 1.75. The molecule has 0 aliphatic heterocycles. The lowest BCUT2D eigenvalue weighted by atomic mass is 9.85. The van der Waals surface area contributed by atoms with E-state index in [0.29, 0.717) is 5.56 Å². The molecule has 1 aromatic rings. The minimum atomic E-state index is -1.01. The number of esters is 2. The monoisotopic (exact) mass is 292 g/mol. The van der Waals surface area contributed by atoms with E-state index in [2.05, 4.69) is 20.8 Å². The van der Waals surface area contributed by atoms with Gasteiger partial charge in [0.25, 0.3) is 0 Å². The summed E-state index contributed by atoms with van der Waals surface area (Å²) in [6, 6.07) is 7.44. The van der Waals surface area contributed by atoms with Gasteiger partial charge in [-0.15, -0.1) is 0 Å². The molecule has 0 bridgehead atoms. The minimum absolute atomic E-state index is 0.0158. The van der Waals surface area contributed by atoms with Crippen molar-refractivity contribution in [1.29, 1.82) is 0 Å². The van der Waals surface area contributed by atoms with Crippen LogP contribution in [0, 0.1) is 0 Å². The van der Waals surface area contributed by atoms with Crippen molar-refractivity contribution in [3.05, 3.63) is 35.4 Å². The molecule has 4 nitrogen and oxygen atoms in total. The van der Waals surface area contributed by atoms with E-state index >= 15 is 0 Å². The maximum absolute atomic E-state index is 12.0. The fraction of sp³-hybridized carbons (Fsp3) is 0.529. The Labute approximate surface area is 126 Å². The van der Waals surface area contributed by atoms with Crippen LogP contribution < -0.4 is 0 Å². The van der Waals surface area contributed by atoms with E-state index in [4.69, 9.17) is 9.47 Å². The molecule has 0 saturated heterocycles. The molecule has 0 heterocycles. The van der Waals surface area contributed by atoms with Crippen molar-refractivity contribution >= 4 is 11.9 Å². The number of rotatable bonds is 5. The lowest BCUT2D eigenvalue weighted by Gasteiger charge is -2.20. The molecular formula is C17H24O4. The predicted molar refractivity (Wildman–Crippen MR) is 81.1 cm³/mol. The first-order valence-corrected chi connectivity index (χ1v) is 7.25. The molecule has 4 heteroatoms. The molecule has 0 N–H and O–H groups in total.